The van der Waals surface area contributed by atoms with Gasteiger partial charge in [-0.25, -0.2) is 17.4 Å². The zero-order valence-electron chi connectivity index (χ0n) is 22.6. The van der Waals surface area contributed by atoms with Crippen LogP contribution < -0.4 is 5.32 Å². The second-order valence-electron chi connectivity index (χ2n) is 10.6. The standard InChI is InChI=1S/C30H26ClN7O3S/c1-19-2-6-25(7-3-19)42(40,41)38-24(12-26-29(38)10-21(13-32-26)20-4-5-20)17-37-16-22(14-35-37)30(39)33-15-27-28-11-23(31)8-9-36(28)18-34-27/h2-3,6-14,16,18,20H,4-5,15,17H2,1H3,(H,33,39). The lowest BCUT2D eigenvalue weighted by Gasteiger charge is -2.13. The van der Waals surface area contributed by atoms with Crippen LogP contribution in [0.2, 0.25) is 5.02 Å². The van der Waals surface area contributed by atoms with Gasteiger partial charge in [0.1, 0.15) is 0 Å². The number of halogens is 1. The number of fused-ring (bicyclic) bond motifs is 2. The average Bonchev–Trinajstić information content (AvgIpc) is 3.41. The van der Waals surface area contributed by atoms with E-state index < -0.39 is 10.0 Å². The highest BCUT2D eigenvalue weighted by Gasteiger charge is 2.28. The third-order valence-corrected chi connectivity index (χ3v) is 9.54. The number of amides is 1. The number of imidazole rings is 1. The molecule has 0 saturated heterocycles. The van der Waals surface area contributed by atoms with Gasteiger partial charge in [-0.1, -0.05) is 29.3 Å². The van der Waals surface area contributed by atoms with Crippen LogP contribution in [0.25, 0.3) is 16.6 Å². The first-order valence-corrected chi connectivity index (χ1v) is 15.3. The molecule has 0 atom stereocenters. The van der Waals surface area contributed by atoms with Crippen LogP contribution in [-0.4, -0.2) is 42.4 Å². The zero-order chi connectivity index (χ0) is 29.0. The molecule has 0 radical (unpaired) electrons. The molecule has 7 rings (SSSR count). The molecule has 1 saturated carbocycles. The van der Waals surface area contributed by atoms with Crippen LogP contribution in [-0.2, 0) is 23.1 Å². The van der Waals surface area contributed by atoms with Crippen LogP contribution in [0.4, 0.5) is 0 Å². The second kappa shape index (κ2) is 10.1. The molecule has 5 aromatic heterocycles. The summed E-state index contributed by atoms with van der Waals surface area (Å²) in [6.07, 6.45) is 10.5. The van der Waals surface area contributed by atoms with Gasteiger partial charge in [-0.2, -0.15) is 5.10 Å². The lowest BCUT2D eigenvalue weighted by atomic mass is 10.2. The van der Waals surface area contributed by atoms with Gasteiger partial charge >= 0.3 is 0 Å². The number of carbonyl (C=O) groups excluding carboxylic acids is 1. The maximum Gasteiger partial charge on any atom is 0.268 e. The molecule has 0 aliphatic heterocycles. The van der Waals surface area contributed by atoms with Gasteiger partial charge in [0, 0.05) is 23.6 Å². The minimum absolute atomic E-state index is 0.123. The molecule has 0 spiro atoms. The van der Waals surface area contributed by atoms with Crippen molar-refractivity contribution in [2.24, 2.45) is 0 Å². The highest BCUT2D eigenvalue weighted by Crippen LogP contribution is 2.41. The summed E-state index contributed by atoms with van der Waals surface area (Å²) in [7, 11) is -3.94. The monoisotopic (exact) mass is 599 g/mol. The number of hydrogen-bond donors (Lipinski definition) is 1. The third-order valence-electron chi connectivity index (χ3n) is 7.53. The van der Waals surface area contributed by atoms with Crippen molar-refractivity contribution in [1.29, 1.82) is 0 Å². The zero-order valence-corrected chi connectivity index (χ0v) is 24.2. The Morgan fingerprint density at radius 1 is 1.05 bits per heavy atom. The Labute approximate surface area is 246 Å². The first kappa shape index (κ1) is 26.4. The summed E-state index contributed by atoms with van der Waals surface area (Å²) in [5, 5.41) is 7.82. The van der Waals surface area contributed by atoms with E-state index in [4.69, 9.17) is 11.6 Å². The summed E-state index contributed by atoms with van der Waals surface area (Å²) in [4.78, 5) is 22.1. The van der Waals surface area contributed by atoms with E-state index >= 15 is 0 Å². The normalized spacial score (nSPS) is 13.7. The number of benzene rings is 1. The Morgan fingerprint density at radius 2 is 1.86 bits per heavy atom. The number of nitrogens with one attached hydrogen (secondary N) is 1. The predicted octanol–water partition coefficient (Wildman–Crippen LogP) is 4.94. The van der Waals surface area contributed by atoms with Crippen LogP contribution in [0.15, 0.2) is 84.5 Å². The molecular weight excluding hydrogens is 574 g/mol. The number of aryl methyl sites for hydroxylation is 1. The SMILES string of the molecule is Cc1ccc(S(=O)(=O)n2c(Cn3cc(C(=O)NCc4ncn5ccc(Cl)cc45)cn3)cc3ncc(C4CC4)cc32)cc1. The fraction of sp³-hybridized carbons (Fsp3) is 0.200. The number of hydrogen-bond acceptors (Lipinski definition) is 6. The van der Waals surface area contributed by atoms with Crippen molar-refractivity contribution in [2.75, 3.05) is 0 Å². The summed E-state index contributed by atoms with van der Waals surface area (Å²) in [5.41, 5.74) is 5.45. The van der Waals surface area contributed by atoms with E-state index in [0.717, 1.165) is 29.5 Å². The molecule has 10 nitrogen and oxygen atoms in total. The van der Waals surface area contributed by atoms with Crippen molar-refractivity contribution >= 4 is 44.1 Å². The molecule has 1 fully saturated rings. The van der Waals surface area contributed by atoms with Crippen LogP contribution >= 0.6 is 11.6 Å². The molecule has 1 N–H and O–H groups in total. The number of aromatic nitrogens is 6. The van der Waals surface area contributed by atoms with E-state index in [1.54, 1.807) is 65.9 Å². The summed E-state index contributed by atoms with van der Waals surface area (Å²) in [6.45, 7) is 2.24. The van der Waals surface area contributed by atoms with Gasteiger partial charge in [0.15, 0.2) is 0 Å². The minimum Gasteiger partial charge on any atom is -0.346 e. The van der Waals surface area contributed by atoms with Crippen LogP contribution in [0.3, 0.4) is 0 Å². The lowest BCUT2D eigenvalue weighted by molar-refractivity contribution is 0.0950. The van der Waals surface area contributed by atoms with Crippen LogP contribution in [0.5, 0.6) is 0 Å². The van der Waals surface area contributed by atoms with Gasteiger partial charge < -0.3 is 9.72 Å². The van der Waals surface area contributed by atoms with E-state index in [9.17, 15) is 13.2 Å². The highest BCUT2D eigenvalue weighted by atomic mass is 35.5. The van der Waals surface area contributed by atoms with E-state index in [0.29, 0.717) is 38.9 Å². The molecule has 1 aliphatic rings. The molecule has 1 amide bonds. The predicted molar refractivity (Wildman–Crippen MR) is 158 cm³/mol. The smallest absolute Gasteiger partial charge is 0.268 e. The third kappa shape index (κ3) is 4.84. The molecule has 212 valence electrons. The van der Waals surface area contributed by atoms with Crippen molar-refractivity contribution in [1.82, 2.24) is 33.4 Å². The molecule has 1 aliphatic carbocycles. The lowest BCUT2D eigenvalue weighted by Crippen LogP contribution is -2.22. The quantitative estimate of drug-likeness (QED) is 0.265. The van der Waals surface area contributed by atoms with Crippen molar-refractivity contribution < 1.29 is 13.2 Å². The molecule has 42 heavy (non-hydrogen) atoms. The maximum atomic E-state index is 14.0. The fourth-order valence-electron chi connectivity index (χ4n) is 5.13. The molecule has 6 aromatic rings. The average molecular weight is 600 g/mol. The second-order valence-corrected chi connectivity index (χ2v) is 12.8. The summed E-state index contributed by atoms with van der Waals surface area (Å²) < 4.78 is 32.7. The van der Waals surface area contributed by atoms with Crippen molar-refractivity contribution in [3.05, 3.63) is 113 Å². The number of pyridine rings is 2. The summed E-state index contributed by atoms with van der Waals surface area (Å²) >= 11 is 6.12. The highest BCUT2D eigenvalue weighted by molar-refractivity contribution is 7.90. The molecule has 1 aromatic carbocycles. The van der Waals surface area contributed by atoms with Crippen molar-refractivity contribution in [3.63, 3.8) is 0 Å². The molecule has 5 heterocycles. The van der Waals surface area contributed by atoms with Gasteiger partial charge in [-0.15, -0.1) is 0 Å². The van der Waals surface area contributed by atoms with E-state index in [-0.39, 0.29) is 23.9 Å². The first-order chi connectivity index (χ1) is 20.3. The summed E-state index contributed by atoms with van der Waals surface area (Å²) in [6, 6.07) is 14.1. The number of nitrogens with zero attached hydrogens (tertiary/aromatic N) is 6. The van der Waals surface area contributed by atoms with E-state index in [2.05, 4.69) is 20.4 Å². The van der Waals surface area contributed by atoms with Gasteiger partial charge in [0.05, 0.1) is 64.0 Å². The van der Waals surface area contributed by atoms with E-state index in [1.165, 1.54) is 10.2 Å². The summed E-state index contributed by atoms with van der Waals surface area (Å²) in [5.74, 6) is 0.0908. The van der Waals surface area contributed by atoms with Crippen LogP contribution in [0, 0.1) is 6.92 Å². The Morgan fingerprint density at radius 3 is 2.64 bits per heavy atom. The Hall–Kier alpha value is -4.48. The Kier molecular flexibility index (Phi) is 6.36. The molecule has 0 unspecified atom stereocenters. The van der Waals surface area contributed by atoms with Gasteiger partial charge in [0.25, 0.3) is 15.9 Å². The number of carbonyl (C=O) groups is 1. The van der Waals surface area contributed by atoms with Gasteiger partial charge in [0.2, 0.25) is 0 Å². The largest absolute Gasteiger partial charge is 0.346 e. The van der Waals surface area contributed by atoms with Crippen molar-refractivity contribution in [3.8, 4) is 0 Å². The number of rotatable bonds is 8. The topological polar surface area (TPSA) is 116 Å². The molecular formula is C30H26ClN7O3S. The Balaban J connectivity index is 1.18. The van der Waals surface area contributed by atoms with E-state index in [1.807, 2.05) is 23.6 Å². The van der Waals surface area contributed by atoms with Crippen LogP contribution in [0.1, 0.15) is 51.6 Å². The van der Waals surface area contributed by atoms with Gasteiger partial charge in [-0.3, -0.25) is 14.5 Å². The van der Waals surface area contributed by atoms with Crippen molar-refractivity contribution in [2.45, 2.75) is 43.7 Å². The maximum absolute atomic E-state index is 14.0. The first-order valence-electron chi connectivity index (χ1n) is 13.5. The van der Waals surface area contributed by atoms with Gasteiger partial charge in [-0.05, 0) is 67.6 Å². The Bertz CT molecular complexity index is 2090. The fourth-order valence-corrected chi connectivity index (χ4v) is 6.80. The molecule has 0 bridgehead atoms. The molecule has 12 heteroatoms. The minimum atomic E-state index is -3.94.